The van der Waals surface area contributed by atoms with Crippen LogP contribution in [0.4, 0.5) is 0 Å². The summed E-state index contributed by atoms with van der Waals surface area (Å²) in [6.07, 6.45) is 2.85. The van der Waals surface area contributed by atoms with Crippen molar-refractivity contribution in [3.8, 4) is 5.75 Å². The Bertz CT molecular complexity index is 399. The summed E-state index contributed by atoms with van der Waals surface area (Å²) in [4.78, 5) is 1.28. The van der Waals surface area contributed by atoms with Gasteiger partial charge in [-0.15, -0.1) is 0 Å². The molecule has 0 aromatic heterocycles. The van der Waals surface area contributed by atoms with Gasteiger partial charge >= 0.3 is 0 Å². The zero-order valence-electron chi connectivity index (χ0n) is 11.6. The van der Waals surface area contributed by atoms with Crippen LogP contribution in [0.1, 0.15) is 19.3 Å². The number of nitrogens with one attached hydrogen (secondary N) is 1. The van der Waals surface area contributed by atoms with Crippen LogP contribution in [0, 0.1) is 0 Å². The molecule has 1 heterocycles. The van der Waals surface area contributed by atoms with Crippen LogP contribution in [0.2, 0.25) is 5.02 Å². The van der Waals surface area contributed by atoms with Crippen molar-refractivity contribution in [1.29, 1.82) is 0 Å². The zero-order chi connectivity index (χ0) is 14.4. The molecule has 3 N–H and O–H groups in total. The molecule has 3 atom stereocenters. The van der Waals surface area contributed by atoms with Gasteiger partial charge in [-0.1, -0.05) is 11.6 Å². The minimum Gasteiger partial charge on any atom is -0.491 e. The maximum absolute atomic E-state index is 10.1. The molecule has 1 aromatic rings. The van der Waals surface area contributed by atoms with Crippen LogP contribution < -0.4 is 9.64 Å². The Hall–Kier alpha value is -0.810. The molecule has 1 aromatic carbocycles. The molecular weight excluding hydrogens is 278 g/mol. The van der Waals surface area contributed by atoms with E-state index < -0.39 is 6.10 Å². The SMILES string of the molecule is OC[C@H]1CCCC[NH+]1C[C@@H](O)COc1ccc(Cl)cc1. The summed E-state index contributed by atoms with van der Waals surface area (Å²) in [5.74, 6) is 0.709. The molecule has 112 valence electrons. The van der Waals surface area contributed by atoms with E-state index in [4.69, 9.17) is 16.3 Å². The van der Waals surface area contributed by atoms with Crippen LogP contribution in [0.5, 0.6) is 5.75 Å². The number of aliphatic hydroxyl groups excluding tert-OH is 2. The topological polar surface area (TPSA) is 54.1 Å². The summed E-state index contributed by atoms with van der Waals surface area (Å²) in [7, 11) is 0. The van der Waals surface area contributed by atoms with Crippen LogP contribution in [0.25, 0.3) is 0 Å². The number of hydrogen-bond acceptors (Lipinski definition) is 3. The first-order valence-corrected chi connectivity index (χ1v) is 7.58. The quantitative estimate of drug-likeness (QED) is 0.717. The third-order valence-electron chi connectivity index (χ3n) is 3.85. The molecular formula is C15H23ClNO3+. The lowest BCUT2D eigenvalue weighted by atomic mass is 10.0. The highest BCUT2D eigenvalue weighted by Crippen LogP contribution is 2.15. The van der Waals surface area contributed by atoms with Crippen molar-refractivity contribution in [2.45, 2.75) is 31.4 Å². The van der Waals surface area contributed by atoms with Gasteiger partial charge in [0.25, 0.3) is 0 Å². The van der Waals surface area contributed by atoms with Gasteiger partial charge < -0.3 is 19.8 Å². The molecule has 0 amide bonds. The van der Waals surface area contributed by atoms with E-state index in [0.29, 0.717) is 17.3 Å². The highest BCUT2D eigenvalue weighted by atomic mass is 35.5. The predicted molar refractivity (Wildman–Crippen MR) is 78.4 cm³/mol. The molecule has 5 heteroatoms. The minimum atomic E-state index is -0.521. The van der Waals surface area contributed by atoms with Crippen molar-refractivity contribution in [2.75, 3.05) is 26.3 Å². The van der Waals surface area contributed by atoms with E-state index in [9.17, 15) is 10.2 Å². The summed E-state index contributed by atoms with van der Waals surface area (Å²) in [5.41, 5.74) is 0. The summed E-state index contributed by atoms with van der Waals surface area (Å²) in [6, 6.07) is 7.37. The summed E-state index contributed by atoms with van der Waals surface area (Å²) in [6.45, 7) is 2.10. The maximum Gasteiger partial charge on any atom is 0.137 e. The number of quaternary nitrogens is 1. The maximum atomic E-state index is 10.1. The highest BCUT2D eigenvalue weighted by Gasteiger charge is 2.27. The van der Waals surface area contributed by atoms with Crippen molar-refractivity contribution in [3.05, 3.63) is 29.3 Å². The average Bonchev–Trinajstić information content (AvgIpc) is 2.47. The third-order valence-corrected chi connectivity index (χ3v) is 4.10. The number of hydrogen-bond donors (Lipinski definition) is 3. The predicted octanol–water partition coefficient (Wildman–Crippen LogP) is 0.509. The Balaban J connectivity index is 1.76. The second-order valence-corrected chi connectivity index (χ2v) is 5.84. The number of benzene rings is 1. The van der Waals surface area contributed by atoms with E-state index in [0.717, 1.165) is 19.4 Å². The first-order chi connectivity index (χ1) is 9.69. The van der Waals surface area contributed by atoms with Crippen LogP contribution in [-0.4, -0.2) is 48.7 Å². The van der Waals surface area contributed by atoms with Crippen molar-refractivity contribution in [3.63, 3.8) is 0 Å². The minimum absolute atomic E-state index is 0.195. The molecule has 2 rings (SSSR count). The fraction of sp³-hybridized carbons (Fsp3) is 0.600. The molecule has 0 spiro atoms. The number of piperidine rings is 1. The van der Waals surface area contributed by atoms with Crippen molar-refractivity contribution < 1.29 is 19.8 Å². The monoisotopic (exact) mass is 300 g/mol. The fourth-order valence-corrected chi connectivity index (χ4v) is 2.85. The van der Waals surface area contributed by atoms with E-state index >= 15 is 0 Å². The molecule has 1 saturated heterocycles. The number of halogens is 1. The lowest BCUT2D eigenvalue weighted by Crippen LogP contribution is -3.18. The van der Waals surface area contributed by atoms with Crippen molar-refractivity contribution >= 4 is 11.6 Å². The second-order valence-electron chi connectivity index (χ2n) is 5.41. The van der Waals surface area contributed by atoms with E-state index in [2.05, 4.69) is 0 Å². The second kappa shape index (κ2) is 7.84. The van der Waals surface area contributed by atoms with Gasteiger partial charge in [0.05, 0.1) is 13.2 Å². The van der Waals surface area contributed by atoms with Gasteiger partial charge in [0.2, 0.25) is 0 Å². The molecule has 0 bridgehead atoms. The van der Waals surface area contributed by atoms with Gasteiger partial charge in [0.15, 0.2) is 0 Å². The number of ether oxygens (including phenoxy) is 1. The summed E-state index contributed by atoms with van der Waals surface area (Å²) >= 11 is 5.80. The smallest absolute Gasteiger partial charge is 0.137 e. The normalized spacial score (nSPS) is 24.4. The summed E-state index contributed by atoms with van der Waals surface area (Å²) in [5, 5.41) is 20.1. The largest absolute Gasteiger partial charge is 0.491 e. The highest BCUT2D eigenvalue weighted by molar-refractivity contribution is 6.30. The molecule has 0 aliphatic carbocycles. The van der Waals surface area contributed by atoms with Crippen LogP contribution in [0.3, 0.4) is 0 Å². The van der Waals surface area contributed by atoms with Crippen LogP contribution in [-0.2, 0) is 0 Å². The fourth-order valence-electron chi connectivity index (χ4n) is 2.72. The Morgan fingerprint density at radius 1 is 1.30 bits per heavy atom. The van der Waals surface area contributed by atoms with Gasteiger partial charge in [0.1, 0.15) is 31.0 Å². The molecule has 0 saturated carbocycles. The first-order valence-electron chi connectivity index (χ1n) is 7.21. The Kier molecular flexibility index (Phi) is 6.10. The summed E-state index contributed by atoms with van der Waals surface area (Å²) < 4.78 is 5.55. The average molecular weight is 301 g/mol. The van der Waals surface area contributed by atoms with Crippen LogP contribution >= 0.6 is 11.6 Å². The molecule has 1 fully saturated rings. The lowest BCUT2D eigenvalue weighted by molar-refractivity contribution is -0.933. The van der Waals surface area contributed by atoms with E-state index in [1.807, 2.05) is 0 Å². The number of likely N-dealkylation sites (tertiary alicyclic amines) is 1. The van der Waals surface area contributed by atoms with E-state index in [1.54, 1.807) is 24.3 Å². The first kappa shape index (κ1) is 15.6. The zero-order valence-corrected chi connectivity index (χ0v) is 12.4. The van der Waals surface area contributed by atoms with E-state index in [-0.39, 0.29) is 19.3 Å². The van der Waals surface area contributed by atoms with Crippen LogP contribution in [0.15, 0.2) is 24.3 Å². The van der Waals surface area contributed by atoms with Gasteiger partial charge in [-0.05, 0) is 37.1 Å². The van der Waals surface area contributed by atoms with Gasteiger partial charge in [0, 0.05) is 11.4 Å². The third kappa shape index (κ3) is 4.63. The van der Waals surface area contributed by atoms with E-state index in [1.165, 1.54) is 11.3 Å². The Morgan fingerprint density at radius 2 is 2.05 bits per heavy atom. The Morgan fingerprint density at radius 3 is 2.75 bits per heavy atom. The lowest BCUT2D eigenvalue weighted by Gasteiger charge is -2.32. The van der Waals surface area contributed by atoms with Crippen molar-refractivity contribution in [1.82, 2.24) is 0 Å². The number of rotatable bonds is 6. The molecule has 1 aliphatic rings. The molecule has 1 aliphatic heterocycles. The molecule has 20 heavy (non-hydrogen) atoms. The molecule has 1 unspecified atom stereocenters. The van der Waals surface area contributed by atoms with Gasteiger partial charge in [-0.25, -0.2) is 0 Å². The molecule has 0 radical (unpaired) electrons. The van der Waals surface area contributed by atoms with Gasteiger partial charge in [-0.2, -0.15) is 0 Å². The van der Waals surface area contributed by atoms with Crippen molar-refractivity contribution in [2.24, 2.45) is 0 Å². The number of aliphatic hydroxyl groups is 2. The van der Waals surface area contributed by atoms with Gasteiger partial charge in [-0.3, -0.25) is 0 Å². The Labute approximate surface area is 124 Å². The standard InChI is InChI=1S/C15H22ClNO3/c16-12-4-6-15(7-5-12)20-11-14(19)9-17-8-2-1-3-13(17)10-18/h4-7,13-14,18-19H,1-3,8-11H2/p+1/t13-,14-/m1/s1. The molecule has 4 nitrogen and oxygen atoms in total.